The van der Waals surface area contributed by atoms with Gasteiger partial charge in [0.15, 0.2) is 11.0 Å². The molecule has 0 spiro atoms. The first-order valence-corrected chi connectivity index (χ1v) is 11.4. The van der Waals surface area contributed by atoms with E-state index in [9.17, 15) is 4.79 Å². The van der Waals surface area contributed by atoms with Crippen LogP contribution in [0, 0.1) is 13.8 Å². The molecule has 31 heavy (non-hydrogen) atoms. The summed E-state index contributed by atoms with van der Waals surface area (Å²) in [4.78, 5) is 12.8. The fraction of sp³-hybridized carbons (Fsp3) is 0.375. The van der Waals surface area contributed by atoms with Crippen LogP contribution >= 0.6 is 11.8 Å². The van der Waals surface area contributed by atoms with Crippen molar-refractivity contribution in [2.45, 2.75) is 57.5 Å². The van der Waals surface area contributed by atoms with Gasteiger partial charge in [-0.3, -0.25) is 4.79 Å². The van der Waals surface area contributed by atoms with E-state index in [2.05, 4.69) is 33.1 Å². The van der Waals surface area contributed by atoms with E-state index in [4.69, 9.17) is 4.74 Å². The molecule has 1 atom stereocenters. The number of hydrogen-bond acceptors (Lipinski definition) is 5. The van der Waals surface area contributed by atoms with Gasteiger partial charge in [-0.2, -0.15) is 0 Å². The number of methoxy groups -OCH3 is 1. The summed E-state index contributed by atoms with van der Waals surface area (Å²) in [7, 11) is 1.65. The molecule has 0 fully saturated rings. The molecular formula is C24H30N4O2S. The third kappa shape index (κ3) is 5.67. The molecule has 3 rings (SSSR count). The first-order chi connectivity index (χ1) is 14.9. The molecule has 0 saturated carbocycles. The standard InChI is InChI=1S/C24H30N4O2S/c1-6-7-14-28-22(19-9-11-20(30-5)12-10-19)26-27-24(28)31-18(4)23(29)25-21-13-8-16(2)15-17(21)3/h8-13,15,18H,6-7,14H2,1-5H3,(H,25,29). The van der Waals surface area contributed by atoms with E-state index in [1.165, 1.54) is 17.3 Å². The summed E-state index contributed by atoms with van der Waals surface area (Å²) in [6.07, 6.45) is 2.07. The SMILES string of the molecule is CCCCn1c(SC(C)C(=O)Nc2ccc(C)cc2C)nnc1-c1ccc(OC)cc1. The number of thioether (sulfide) groups is 1. The van der Waals surface area contributed by atoms with Gasteiger partial charge in [-0.25, -0.2) is 0 Å². The number of carbonyl (C=O) groups excluding carboxylic acids is 1. The van der Waals surface area contributed by atoms with Crippen molar-refractivity contribution >= 4 is 23.4 Å². The number of rotatable bonds is 9. The highest BCUT2D eigenvalue weighted by Gasteiger charge is 2.21. The van der Waals surface area contributed by atoms with Crippen molar-refractivity contribution in [1.82, 2.24) is 14.8 Å². The van der Waals surface area contributed by atoms with Crippen molar-refractivity contribution < 1.29 is 9.53 Å². The summed E-state index contributed by atoms with van der Waals surface area (Å²) < 4.78 is 7.36. The quantitative estimate of drug-likeness (QED) is 0.447. The molecule has 0 radical (unpaired) electrons. The van der Waals surface area contributed by atoms with Crippen molar-refractivity contribution in [3.05, 3.63) is 53.6 Å². The lowest BCUT2D eigenvalue weighted by Crippen LogP contribution is -2.23. The van der Waals surface area contributed by atoms with Crippen molar-refractivity contribution in [3.63, 3.8) is 0 Å². The normalized spacial score (nSPS) is 11.9. The maximum absolute atomic E-state index is 12.8. The molecule has 0 bridgehead atoms. The first kappa shape index (κ1) is 22.9. The second-order valence-electron chi connectivity index (χ2n) is 7.61. The molecule has 1 aromatic heterocycles. The molecule has 0 aliphatic heterocycles. The topological polar surface area (TPSA) is 69.0 Å². The summed E-state index contributed by atoms with van der Waals surface area (Å²) in [5, 5.41) is 12.3. The van der Waals surface area contributed by atoms with Gasteiger partial charge in [0.1, 0.15) is 5.75 Å². The average Bonchev–Trinajstić information content (AvgIpc) is 3.16. The summed E-state index contributed by atoms with van der Waals surface area (Å²) in [6, 6.07) is 13.8. The van der Waals surface area contributed by atoms with Gasteiger partial charge in [0, 0.05) is 17.8 Å². The van der Waals surface area contributed by atoms with Crippen molar-refractivity contribution in [1.29, 1.82) is 0 Å². The molecule has 0 saturated heterocycles. The van der Waals surface area contributed by atoms with Crippen LogP contribution in [0.15, 0.2) is 47.6 Å². The predicted octanol–water partition coefficient (Wildman–Crippen LogP) is 5.49. The number of nitrogens with zero attached hydrogens (tertiary/aromatic N) is 3. The monoisotopic (exact) mass is 438 g/mol. The molecule has 6 nitrogen and oxygen atoms in total. The van der Waals surface area contributed by atoms with Gasteiger partial charge < -0.3 is 14.6 Å². The van der Waals surface area contributed by atoms with Crippen LogP contribution in [0.2, 0.25) is 0 Å². The number of carbonyl (C=O) groups is 1. The highest BCUT2D eigenvalue weighted by molar-refractivity contribution is 8.00. The molecule has 1 N–H and O–H groups in total. The Morgan fingerprint density at radius 2 is 1.90 bits per heavy atom. The number of unbranched alkanes of at least 4 members (excludes halogenated alkanes) is 1. The minimum atomic E-state index is -0.311. The molecule has 1 unspecified atom stereocenters. The van der Waals surface area contributed by atoms with Gasteiger partial charge >= 0.3 is 0 Å². The van der Waals surface area contributed by atoms with Crippen LogP contribution in [0.1, 0.15) is 37.8 Å². The van der Waals surface area contributed by atoms with Crippen molar-refractivity contribution in [3.8, 4) is 17.1 Å². The minimum Gasteiger partial charge on any atom is -0.497 e. The lowest BCUT2D eigenvalue weighted by molar-refractivity contribution is -0.115. The number of aromatic nitrogens is 3. The maximum atomic E-state index is 12.8. The summed E-state index contributed by atoms with van der Waals surface area (Å²) in [5.41, 5.74) is 4.05. The van der Waals surface area contributed by atoms with E-state index >= 15 is 0 Å². The Balaban J connectivity index is 1.79. The molecule has 7 heteroatoms. The first-order valence-electron chi connectivity index (χ1n) is 10.5. The Morgan fingerprint density at radius 1 is 1.16 bits per heavy atom. The number of aryl methyl sites for hydroxylation is 2. The van der Waals surface area contributed by atoms with Crippen LogP contribution in [-0.4, -0.2) is 33.0 Å². The van der Waals surface area contributed by atoms with E-state index in [1.807, 2.05) is 57.2 Å². The minimum absolute atomic E-state index is 0.0482. The van der Waals surface area contributed by atoms with E-state index < -0.39 is 0 Å². The van der Waals surface area contributed by atoms with Gasteiger partial charge in [-0.1, -0.05) is 42.8 Å². The number of ether oxygens (including phenoxy) is 1. The van der Waals surface area contributed by atoms with Crippen LogP contribution in [0.25, 0.3) is 11.4 Å². The maximum Gasteiger partial charge on any atom is 0.237 e. The molecule has 1 heterocycles. The highest BCUT2D eigenvalue weighted by Crippen LogP contribution is 2.29. The van der Waals surface area contributed by atoms with Gasteiger partial charge in [0.2, 0.25) is 5.91 Å². The molecular weight excluding hydrogens is 408 g/mol. The zero-order chi connectivity index (χ0) is 22.4. The van der Waals surface area contributed by atoms with E-state index in [-0.39, 0.29) is 11.2 Å². The zero-order valence-corrected chi connectivity index (χ0v) is 19.6. The smallest absolute Gasteiger partial charge is 0.237 e. The van der Waals surface area contributed by atoms with Crippen molar-refractivity contribution in [2.24, 2.45) is 0 Å². The Morgan fingerprint density at radius 3 is 2.55 bits per heavy atom. The molecule has 2 aromatic carbocycles. The van der Waals surface area contributed by atoms with Crippen molar-refractivity contribution in [2.75, 3.05) is 12.4 Å². The highest BCUT2D eigenvalue weighted by atomic mass is 32.2. The lowest BCUT2D eigenvalue weighted by Gasteiger charge is -2.15. The molecule has 1 amide bonds. The van der Waals surface area contributed by atoms with E-state index in [0.29, 0.717) is 0 Å². The van der Waals surface area contributed by atoms with Crippen LogP contribution in [-0.2, 0) is 11.3 Å². The Hall–Kier alpha value is -2.80. The van der Waals surface area contributed by atoms with Crippen LogP contribution < -0.4 is 10.1 Å². The third-order valence-electron chi connectivity index (χ3n) is 5.09. The Labute approximate surface area is 188 Å². The number of nitrogens with one attached hydrogen (secondary N) is 1. The fourth-order valence-corrected chi connectivity index (χ4v) is 4.12. The molecule has 0 aliphatic rings. The lowest BCUT2D eigenvalue weighted by atomic mass is 10.1. The largest absolute Gasteiger partial charge is 0.497 e. The fourth-order valence-electron chi connectivity index (χ4n) is 3.25. The van der Waals surface area contributed by atoms with Gasteiger partial charge in [-0.15, -0.1) is 10.2 Å². The van der Waals surface area contributed by atoms with E-state index in [1.54, 1.807) is 7.11 Å². The van der Waals surface area contributed by atoms with Gasteiger partial charge in [0.05, 0.1) is 12.4 Å². The van der Waals surface area contributed by atoms with Crippen LogP contribution in [0.5, 0.6) is 5.75 Å². The average molecular weight is 439 g/mol. The zero-order valence-electron chi connectivity index (χ0n) is 18.8. The third-order valence-corrected chi connectivity index (χ3v) is 6.17. The number of hydrogen-bond donors (Lipinski definition) is 1. The number of amides is 1. The Kier molecular flexibility index (Phi) is 7.74. The van der Waals surface area contributed by atoms with E-state index in [0.717, 1.165) is 52.9 Å². The van der Waals surface area contributed by atoms with Gasteiger partial charge in [0.25, 0.3) is 0 Å². The summed E-state index contributed by atoms with van der Waals surface area (Å²) in [5.74, 6) is 1.56. The van der Waals surface area contributed by atoms with Crippen LogP contribution in [0.3, 0.4) is 0 Å². The van der Waals surface area contributed by atoms with Crippen LogP contribution in [0.4, 0.5) is 5.69 Å². The molecule has 164 valence electrons. The second kappa shape index (κ2) is 10.5. The second-order valence-corrected chi connectivity index (χ2v) is 8.92. The molecule has 0 aliphatic carbocycles. The number of anilines is 1. The van der Waals surface area contributed by atoms with Gasteiger partial charge in [-0.05, 0) is 63.1 Å². The predicted molar refractivity (Wildman–Crippen MR) is 127 cm³/mol. The molecule has 3 aromatic rings. The summed E-state index contributed by atoms with van der Waals surface area (Å²) >= 11 is 1.43. The summed E-state index contributed by atoms with van der Waals surface area (Å²) in [6.45, 7) is 8.90. The Bertz CT molecular complexity index is 1030. The number of benzene rings is 2.